The van der Waals surface area contributed by atoms with Crippen molar-refractivity contribution in [2.24, 2.45) is 0 Å². The average molecular weight is 264 g/mol. The fourth-order valence-corrected chi connectivity index (χ4v) is 2.53. The summed E-state index contributed by atoms with van der Waals surface area (Å²) in [5.74, 6) is 0. The highest BCUT2D eigenvalue weighted by Gasteiger charge is 2.16. The largest absolute Gasteiger partial charge is 0.294 e. The summed E-state index contributed by atoms with van der Waals surface area (Å²) in [6.45, 7) is -0.203. The van der Waals surface area contributed by atoms with Gasteiger partial charge in [0, 0.05) is 5.02 Å². The van der Waals surface area contributed by atoms with Crippen LogP contribution in [0.3, 0.4) is 0 Å². The van der Waals surface area contributed by atoms with Crippen LogP contribution in [-0.2, 0) is 21.6 Å². The Hall–Kier alpha value is -0.620. The molecule has 0 aliphatic heterocycles. The van der Waals surface area contributed by atoms with Crippen molar-refractivity contribution in [1.29, 1.82) is 0 Å². The first-order valence-electron chi connectivity index (χ1n) is 4.80. The van der Waals surface area contributed by atoms with Crippen molar-refractivity contribution in [1.82, 2.24) is 0 Å². The van der Waals surface area contributed by atoms with Gasteiger partial charge in [0.25, 0.3) is 10.1 Å². The van der Waals surface area contributed by atoms with Gasteiger partial charge in [-0.05, 0) is 37.0 Å². The lowest BCUT2D eigenvalue weighted by atomic mass is 10.1. The van der Waals surface area contributed by atoms with E-state index in [4.69, 9.17) is 16.2 Å². The van der Waals surface area contributed by atoms with Crippen LogP contribution in [0.4, 0.5) is 0 Å². The molecule has 0 fully saturated rings. The molecule has 4 nitrogen and oxygen atoms in total. The zero-order valence-corrected chi connectivity index (χ0v) is 10.1. The van der Waals surface area contributed by atoms with Crippen molar-refractivity contribution in [3.8, 4) is 0 Å². The van der Waals surface area contributed by atoms with E-state index in [0.29, 0.717) is 29.8 Å². The van der Waals surface area contributed by atoms with Gasteiger partial charge in [0.2, 0.25) is 0 Å². The van der Waals surface area contributed by atoms with Gasteiger partial charge >= 0.3 is 0 Å². The van der Waals surface area contributed by atoms with Crippen LogP contribution in [0.25, 0.3) is 0 Å². The van der Waals surface area contributed by atoms with Crippen molar-refractivity contribution in [3.05, 3.63) is 28.8 Å². The first-order chi connectivity index (χ1) is 7.46. The Morgan fingerprint density at radius 3 is 2.50 bits per heavy atom. The molecule has 1 rings (SSSR count). The first kappa shape index (κ1) is 13.4. The standard InChI is InChI=1S/C10H12ClO4S/c11-9-5-3-6-10(16(13,14)15)8(9)4-1-2-7-12/h3,5-6H,1-2,4,7H2,(H,13,14,15). The van der Waals surface area contributed by atoms with E-state index in [2.05, 4.69) is 0 Å². The van der Waals surface area contributed by atoms with E-state index in [9.17, 15) is 13.5 Å². The number of hydrogen-bond acceptors (Lipinski definition) is 2. The maximum absolute atomic E-state index is 11.1. The molecule has 0 bridgehead atoms. The zero-order chi connectivity index (χ0) is 12.2. The Labute approximate surface area is 99.6 Å². The maximum atomic E-state index is 11.1. The minimum absolute atomic E-state index is 0.175. The molecule has 0 aromatic heterocycles. The van der Waals surface area contributed by atoms with E-state index < -0.39 is 10.1 Å². The highest BCUT2D eigenvalue weighted by atomic mass is 35.5. The second kappa shape index (κ2) is 5.63. The predicted octanol–water partition coefficient (Wildman–Crippen LogP) is 2.34. The smallest absolute Gasteiger partial charge is 0.282 e. The normalized spacial score (nSPS) is 11.7. The summed E-state index contributed by atoms with van der Waals surface area (Å²) in [6, 6.07) is 4.32. The molecule has 16 heavy (non-hydrogen) atoms. The highest BCUT2D eigenvalue weighted by molar-refractivity contribution is 7.85. The third-order valence-corrected chi connectivity index (χ3v) is 3.47. The highest BCUT2D eigenvalue weighted by Crippen LogP contribution is 2.25. The Kier molecular flexibility index (Phi) is 4.73. The summed E-state index contributed by atoms with van der Waals surface area (Å²) in [4.78, 5) is -0.175. The van der Waals surface area contributed by atoms with E-state index in [1.165, 1.54) is 12.1 Å². The molecule has 89 valence electrons. The Balaban J connectivity index is 3.05. The Morgan fingerprint density at radius 2 is 1.94 bits per heavy atom. The van der Waals surface area contributed by atoms with E-state index >= 15 is 0 Å². The Morgan fingerprint density at radius 1 is 1.25 bits per heavy atom. The molecule has 1 aromatic rings. The zero-order valence-electron chi connectivity index (χ0n) is 8.52. The first-order valence-corrected chi connectivity index (χ1v) is 6.61. The molecular formula is C10H12ClO4S. The summed E-state index contributed by atoms with van der Waals surface area (Å²) in [5, 5.41) is 10.6. The summed E-state index contributed by atoms with van der Waals surface area (Å²) in [5.41, 5.74) is 0.375. The van der Waals surface area contributed by atoms with Gasteiger partial charge in [0.15, 0.2) is 0 Å². The molecule has 0 spiro atoms. The van der Waals surface area contributed by atoms with Crippen molar-refractivity contribution < 1.29 is 18.1 Å². The SMILES string of the molecule is [O]CCCCc1c(Cl)cccc1S(=O)(=O)O. The molecule has 1 aromatic carbocycles. The molecule has 0 unspecified atom stereocenters. The monoisotopic (exact) mass is 263 g/mol. The molecule has 0 heterocycles. The summed E-state index contributed by atoms with van der Waals surface area (Å²) in [6.07, 6.45) is 1.38. The third kappa shape index (κ3) is 3.45. The average Bonchev–Trinajstić information content (AvgIpc) is 2.19. The fraction of sp³-hybridized carbons (Fsp3) is 0.400. The summed E-state index contributed by atoms with van der Waals surface area (Å²) < 4.78 is 31.2. The minimum Gasteiger partial charge on any atom is -0.282 e. The molecule has 1 N–H and O–H groups in total. The Bertz CT molecular complexity index is 456. The molecule has 0 aliphatic carbocycles. The van der Waals surface area contributed by atoms with Crippen LogP contribution in [-0.4, -0.2) is 19.6 Å². The van der Waals surface area contributed by atoms with E-state index in [1.54, 1.807) is 6.07 Å². The predicted molar refractivity (Wildman–Crippen MR) is 59.8 cm³/mol. The van der Waals surface area contributed by atoms with E-state index in [-0.39, 0.29) is 11.5 Å². The van der Waals surface area contributed by atoms with Crippen LogP contribution in [0.5, 0.6) is 0 Å². The van der Waals surface area contributed by atoms with Crippen molar-refractivity contribution in [3.63, 3.8) is 0 Å². The summed E-state index contributed by atoms with van der Waals surface area (Å²) in [7, 11) is -4.26. The molecular weight excluding hydrogens is 252 g/mol. The fourth-order valence-electron chi connectivity index (χ4n) is 1.43. The molecule has 1 radical (unpaired) electrons. The number of halogens is 1. The molecule has 0 atom stereocenters. The van der Waals surface area contributed by atoms with Crippen molar-refractivity contribution in [2.75, 3.05) is 6.61 Å². The van der Waals surface area contributed by atoms with Crippen LogP contribution in [0.15, 0.2) is 23.1 Å². The van der Waals surface area contributed by atoms with Crippen LogP contribution < -0.4 is 0 Å². The molecule has 0 amide bonds. The van der Waals surface area contributed by atoms with Crippen molar-refractivity contribution in [2.45, 2.75) is 24.2 Å². The second-order valence-corrected chi connectivity index (χ2v) is 5.15. The molecule has 0 saturated carbocycles. The van der Waals surface area contributed by atoms with E-state index in [0.717, 1.165) is 0 Å². The van der Waals surface area contributed by atoms with Gasteiger partial charge in [0.05, 0.1) is 11.5 Å². The van der Waals surface area contributed by atoms with Crippen LogP contribution in [0.1, 0.15) is 18.4 Å². The molecule has 6 heteroatoms. The summed E-state index contributed by atoms with van der Waals surface area (Å²) >= 11 is 5.86. The minimum atomic E-state index is -4.26. The topological polar surface area (TPSA) is 74.3 Å². The van der Waals surface area contributed by atoms with Crippen LogP contribution in [0.2, 0.25) is 5.02 Å². The second-order valence-electron chi connectivity index (χ2n) is 3.35. The lowest BCUT2D eigenvalue weighted by molar-refractivity contribution is 0.187. The van der Waals surface area contributed by atoms with E-state index in [1.807, 2.05) is 0 Å². The quantitative estimate of drug-likeness (QED) is 0.654. The number of unbranched alkanes of at least 4 members (excludes halogenated alkanes) is 1. The number of hydrogen-bond donors (Lipinski definition) is 1. The van der Waals surface area contributed by atoms with Crippen molar-refractivity contribution >= 4 is 21.7 Å². The van der Waals surface area contributed by atoms with Gasteiger partial charge < -0.3 is 0 Å². The lowest BCUT2D eigenvalue weighted by Crippen LogP contribution is -2.04. The number of rotatable bonds is 5. The van der Waals surface area contributed by atoms with Crippen LogP contribution in [0, 0.1) is 0 Å². The van der Waals surface area contributed by atoms with Gasteiger partial charge in [-0.25, -0.2) is 5.11 Å². The lowest BCUT2D eigenvalue weighted by Gasteiger charge is -2.08. The van der Waals surface area contributed by atoms with Gasteiger partial charge in [-0.15, -0.1) is 0 Å². The maximum Gasteiger partial charge on any atom is 0.294 e. The molecule has 0 aliphatic rings. The van der Waals surface area contributed by atoms with Gasteiger partial charge in [-0.2, -0.15) is 8.42 Å². The van der Waals surface area contributed by atoms with Gasteiger partial charge in [-0.1, -0.05) is 17.7 Å². The van der Waals surface area contributed by atoms with Gasteiger partial charge in [-0.3, -0.25) is 4.55 Å². The van der Waals surface area contributed by atoms with Gasteiger partial charge in [0.1, 0.15) is 0 Å². The van der Waals surface area contributed by atoms with Crippen LogP contribution >= 0.6 is 11.6 Å². The number of benzene rings is 1. The molecule has 0 saturated heterocycles. The third-order valence-electron chi connectivity index (χ3n) is 2.17.